The molecule has 2 fully saturated rings. The predicted molar refractivity (Wildman–Crippen MR) is 86.4 cm³/mol. The number of benzene rings is 1. The van der Waals surface area contributed by atoms with E-state index in [0.717, 1.165) is 22.9 Å². The molecule has 1 nitrogen and oxygen atoms in total. The Morgan fingerprint density at radius 1 is 1.15 bits per heavy atom. The van der Waals surface area contributed by atoms with Crippen LogP contribution in [0.3, 0.4) is 0 Å². The lowest BCUT2D eigenvalue weighted by Gasteiger charge is -2.36. The van der Waals surface area contributed by atoms with Gasteiger partial charge in [-0.25, -0.2) is 0 Å². The quantitative estimate of drug-likeness (QED) is 0.715. The van der Waals surface area contributed by atoms with Gasteiger partial charge in [-0.3, -0.25) is 0 Å². The van der Waals surface area contributed by atoms with Crippen molar-refractivity contribution in [3.63, 3.8) is 0 Å². The summed E-state index contributed by atoms with van der Waals surface area (Å²) in [6.07, 6.45) is 11.3. The molecule has 0 atom stereocenters. The molecule has 2 saturated carbocycles. The summed E-state index contributed by atoms with van der Waals surface area (Å²) in [5.41, 5.74) is 1.42. The molecular formula is C18H26ClN. The van der Waals surface area contributed by atoms with Gasteiger partial charge in [0.15, 0.2) is 0 Å². The highest BCUT2D eigenvalue weighted by Crippen LogP contribution is 2.37. The first-order chi connectivity index (χ1) is 9.81. The molecule has 0 unspecified atom stereocenters. The molecule has 1 aromatic rings. The van der Waals surface area contributed by atoms with Gasteiger partial charge in [-0.05, 0) is 61.8 Å². The van der Waals surface area contributed by atoms with Crippen molar-refractivity contribution < 1.29 is 0 Å². The summed E-state index contributed by atoms with van der Waals surface area (Å²) >= 11 is 6.06. The Kier molecular flexibility index (Phi) is 5.01. The molecule has 1 N–H and O–H groups in total. The van der Waals surface area contributed by atoms with E-state index in [2.05, 4.69) is 23.5 Å². The first-order valence-electron chi connectivity index (χ1n) is 8.30. The summed E-state index contributed by atoms with van der Waals surface area (Å²) in [4.78, 5) is 0. The monoisotopic (exact) mass is 291 g/mol. The van der Waals surface area contributed by atoms with Crippen molar-refractivity contribution in [2.75, 3.05) is 6.54 Å². The highest BCUT2D eigenvalue weighted by atomic mass is 35.5. The van der Waals surface area contributed by atoms with E-state index in [-0.39, 0.29) is 0 Å². The minimum absolute atomic E-state index is 0.723. The number of rotatable bonds is 6. The van der Waals surface area contributed by atoms with Crippen LogP contribution in [-0.4, -0.2) is 12.6 Å². The van der Waals surface area contributed by atoms with Gasteiger partial charge in [0.25, 0.3) is 0 Å². The lowest BCUT2D eigenvalue weighted by atomic mass is 9.76. The third-order valence-electron chi connectivity index (χ3n) is 5.16. The molecule has 110 valence electrons. The van der Waals surface area contributed by atoms with Crippen LogP contribution in [-0.2, 0) is 0 Å². The number of hydrogen-bond donors (Lipinski definition) is 1. The summed E-state index contributed by atoms with van der Waals surface area (Å²) < 4.78 is 0. The van der Waals surface area contributed by atoms with Crippen LogP contribution in [0.15, 0.2) is 24.3 Å². The van der Waals surface area contributed by atoms with E-state index in [1.165, 1.54) is 63.5 Å². The van der Waals surface area contributed by atoms with Crippen LogP contribution < -0.4 is 5.32 Å². The van der Waals surface area contributed by atoms with Crippen LogP contribution in [0.1, 0.15) is 62.8 Å². The normalized spacial score (nSPS) is 26.6. The van der Waals surface area contributed by atoms with Gasteiger partial charge in [0, 0.05) is 11.1 Å². The second-order valence-electron chi connectivity index (χ2n) is 6.67. The van der Waals surface area contributed by atoms with E-state index < -0.39 is 0 Å². The molecule has 0 radical (unpaired) electrons. The summed E-state index contributed by atoms with van der Waals surface area (Å²) in [7, 11) is 0. The molecule has 0 spiro atoms. The largest absolute Gasteiger partial charge is 0.314 e. The van der Waals surface area contributed by atoms with E-state index in [4.69, 9.17) is 11.6 Å². The summed E-state index contributed by atoms with van der Waals surface area (Å²) in [5.74, 6) is 1.76. The number of nitrogens with one attached hydrogen (secondary N) is 1. The lowest BCUT2D eigenvalue weighted by Crippen LogP contribution is -2.40. The maximum atomic E-state index is 6.06. The molecule has 0 heterocycles. The van der Waals surface area contributed by atoms with Gasteiger partial charge in [-0.1, -0.05) is 49.4 Å². The lowest BCUT2D eigenvalue weighted by molar-refractivity contribution is 0.287. The second kappa shape index (κ2) is 6.95. The molecule has 2 aliphatic rings. The van der Waals surface area contributed by atoms with E-state index in [9.17, 15) is 0 Å². The first kappa shape index (κ1) is 14.4. The Labute approximate surface area is 128 Å². The minimum atomic E-state index is 0.723. The average molecular weight is 292 g/mol. The van der Waals surface area contributed by atoms with Gasteiger partial charge >= 0.3 is 0 Å². The van der Waals surface area contributed by atoms with Crippen molar-refractivity contribution in [3.05, 3.63) is 34.9 Å². The topological polar surface area (TPSA) is 12.0 Å². The molecule has 0 saturated heterocycles. The molecule has 0 amide bonds. The van der Waals surface area contributed by atoms with Crippen LogP contribution in [0.25, 0.3) is 0 Å². The molecule has 0 bridgehead atoms. The standard InChI is InChI=1S/C18H26ClN/c19-17-9-3-8-15(11-17)16-12-18(13-16)20-10-4-7-14-5-1-2-6-14/h3,8-9,11,14,16,18,20H,1-2,4-7,10,12-13H2. The van der Waals surface area contributed by atoms with Gasteiger partial charge in [-0.2, -0.15) is 0 Å². The van der Waals surface area contributed by atoms with E-state index >= 15 is 0 Å². The summed E-state index contributed by atoms with van der Waals surface area (Å²) in [5, 5.41) is 4.60. The van der Waals surface area contributed by atoms with Gasteiger partial charge in [0.05, 0.1) is 0 Å². The number of hydrogen-bond acceptors (Lipinski definition) is 1. The fourth-order valence-electron chi connectivity index (χ4n) is 3.81. The highest BCUT2D eigenvalue weighted by molar-refractivity contribution is 6.30. The smallest absolute Gasteiger partial charge is 0.0408 e. The van der Waals surface area contributed by atoms with Crippen molar-refractivity contribution >= 4 is 11.6 Å². The van der Waals surface area contributed by atoms with Gasteiger partial charge < -0.3 is 5.32 Å². The van der Waals surface area contributed by atoms with Crippen molar-refractivity contribution in [1.29, 1.82) is 0 Å². The van der Waals surface area contributed by atoms with E-state index in [0.29, 0.717) is 0 Å². The van der Waals surface area contributed by atoms with Crippen molar-refractivity contribution in [2.45, 2.75) is 63.3 Å². The van der Waals surface area contributed by atoms with Crippen LogP contribution in [0.2, 0.25) is 5.02 Å². The third kappa shape index (κ3) is 3.77. The zero-order valence-electron chi connectivity index (χ0n) is 12.3. The fraction of sp³-hybridized carbons (Fsp3) is 0.667. The zero-order valence-corrected chi connectivity index (χ0v) is 13.0. The Morgan fingerprint density at radius 3 is 2.70 bits per heavy atom. The van der Waals surface area contributed by atoms with Gasteiger partial charge in [0.2, 0.25) is 0 Å². The van der Waals surface area contributed by atoms with E-state index in [1.807, 2.05) is 6.07 Å². The average Bonchev–Trinajstić information content (AvgIpc) is 2.89. The Morgan fingerprint density at radius 2 is 1.95 bits per heavy atom. The SMILES string of the molecule is Clc1cccc(C2CC(NCCCC3CCCC3)C2)c1. The fourth-order valence-corrected chi connectivity index (χ4v) is 4.01. The molecule has 1 aromatic carbocycles. The van der Waals surface area contributed by atoms with Gasteiger partial charge in [0.1, 0.15) is 0 Å². The molecule has 0 aromatic heterocycles. The Balaban J connectivity index is 1.30. The summed E-state index contributed by atoms with van der Waals surface area (Å²) in [6.45, 7) is 1.21. The van der Waals surface area contributed by atoms with Crippen molar-refractivity contribution in [1.82, 2.24) is 5.32 Å². The van der Waals surface area contributed by atoms with Crippen molar-refractivity contribution in [3.8, 4) is 0 Å². The molecule has 3 rings (SSSR count). The molecular weight excluding hydrogens is 266 g/mol. The Bertz CT molecular complexity index is 419. The molecule has 2 aliphatic carbocycles. The van der Waals surface area contributed by atoms with Crippen LogP contribution >= 0.6 is 11.6 Å². The second-order valence-corrected chi connectivity index (χ2v) is 7.10. The Hall–Kier alpha value is -0.530. The maximum absolute atomic E-state index is 6.06. The first-order valence-corrected chi connectivity index (χ1v) is 8.68. The highest BCUT2D eigenvalue weighted by Gasteiger charge is 2.29. The molecule has 0 aliphatic heterocycles. The summed E-state index contributed by atoms with van der Waals surface area (Å²) in [6, 6.07) is 9.11. The maximum Gasteiger partial charge on any atom is 0.0408 e. The van der Waals surface area contributed by atoms with Crippen LogP contribution in [0, 0.1) is 5.92 Å². The zero-order chi connectivity index (χ0) is 13.8. The third-order valence-corrected chi connectivity index (χ3v) is 5.39. The van der Waals surface area contributed by atoms with Gasteiger partial charge in [-0.15, -0.1) is 0 Å². The van der Waals surface area contributed by atoms with E-state index in [1.54, 1.807) is 0 Å². The molecule has 2 heteroatoms. The van der Waals surface area contributed by atoms with Crippen LogP contribution in [0.4, 0.5) is 0 Å². The predicted octanol–water partition coefficient (Wildman–Crippen LogP) is 5.15. The number of halogens is 1. The molecule has 20 heavy (non-hydrogen) atoms. The van der Waals surface area contributed by atoms with Crippen LogP contribution in [0.5, 0.6) is 0 Å². The minimum Gasteiger partial charge on any atom is -0.314 e. The van der Waals surface area contributed by atoms with Crippen molar-refractivity contribution in [2.24, 2.45) is 5.92 Å².